The molecule has 3 unspecified atom stereocenters. The van der Waals surface area contributed by atoms with Crippen molar-refractivity contribution in [2.24, 2.45) is 0 Å². The molecule has 0 spiro atoms. The predicted octanol–water partition coefficient (Wildman–Crippen LogP) is 2.58. The predicted molar refractivity (Wildman–Crippen MR) is 77.6 cm³/mol. The maximum Gasteiger partial charge on any atom is 0.135 e. The van der Waals surface area contributed by atoms with Gasteiger partial charge in [-0.3, -0.25) is 4.90 Å². The van der Waals surface area contributed by atoms with Gasteiger partial charge in [0.05, 0.1) is 12.2 Å². The smallest absolute Gasteiger partial charge is 0.135 e. The quantitative estimate of drug-likeness (QED) is 0.935. The minimum atomic E-state index is -0.597. The number of aliphatic hydroxyl groups excluding tert-OH is 1. The molecule has 1 fully saturated rings. The minimum absolute atomic E-state index is 0.210. The number of hydrogen-bond acceptors (Lipinski definition) is 4. The lowest BCUT2D eigenvalue weighted by Crippen LogP contribution is -2.46. The Morgan fingerprint density at radius 2 is 1.95 bits per heavy atom. The molecule has 1 N–H and O–H groups in total. The van der Waals surface area contributed by atoms with E-state index in [2.05, 4.69) is 18.7 Å². The Morgan fingerprint density at radius 3 is 2.65 bits per heavy atom. The van der Waals surface area contributed by atoms with Crippen molar-refractivity contribution in [1.29, 1.82) is 0 Å². The highest BCUT2D eigenvalue weighted by atomic mass is 16.5. The van der Waals surface area contributed by atoms with E-state index in [1.807, 2.05) is 30.3 Å². The van der Waals surface area contributed by atoms with Gasteiger partial charge in [-0.05, 0) is 26.0 Å². The lowest BCUT2D eigenvalue weighted by Gasteiger charge is -2.35. The Labute approximate surface area is 118 Å². The van der Waals surface area contributed by atoms with Gasteiger partial charge in [-0.1, -0.05) is 18.2 Å². The van der Waals surface area contributed by atoms with Crippen molar-refractivity contribution >= 4 is 11.0 Å². The number of ether oxygens (including phenoxy) is 1. The molecule has 2 heterocycles. The lowest BCUT2D eigenvalue weighted by atomic mass is 10.2. The fraction of sp³-hybridized carbons (Fsp3) is 0.500. The van der Waals surface area contributed by atoms with Crippen LogP contribution < -0.4 is 0 Å². The summed E-state index contributed by atoms with van der Waals surface area (Å²) in [5.74, 6) is 0.637. The molecule has 4 heteroatoms. The fourth-order valence-corrected chi connectivity index (χ4v) is 2.93. The van der Waals surface area contributed by atoms with E-state index in [-0.39, 0.29) is 12.2 Å². The summed E-state index contributed by atoms with van der Waals surface area (Å²) >= 11 is 0. The van der Waals surface area contributed by atoms with E-state index < -0.39 is 6.10 Å². The summed E-state index contributed by atoms with van der Waals surface area (Å²) in [4.78, 5) is 2.23. The number of fused-ring (bicyclic) bond motifs is 1. The fourth-order valence-electron chi connectivity index (χ4n) is 2.93. The zero-order chi connectivity index (χ0) is 14.1. The summed E-state index contributed by atoms with van der Waals surface area (Å²) in [5, 5.41) is 11.4. The molecule has 0 aliphatic carbocycles. The molecule has 1 aromatic heterocycles. The minimum Gasteiger partial charge on any atom is -0.458 e. The number of β-amino-alcohol motifs (C(OH)–C–C–N with tert-alkyl or cyclic N) is 1. The highest BCUT2D eigenvalue weighted by Crippen LogP contribution is 2.25. The first-order valence-corrected chi connectivity index (χ1v) is 7.16. The second kappa shape index (κ2) is 5.56. The van der Waals surface area contributed by atoms with E-state index >= 15 is 0 Å². The van der Waals surface area contributed by atoms with E-state index in [1.165, 1.54) is 0 Å². The van der Waals surface area contributed by atoms with Gasteiger partial charge in [0.1, 0.15) is 17.4 Å². The van der Waals surface area contributed by atoms with Crippen molar-refractivity contribution < 1.29 is 14.3 Å². The van der Waals surface area contributed by atoms with Gasteiger partial charge in [0.15, 0.2) is 0 Å². The maximum absolute atomic E-state index is 10.4. The Morgan fingerprint density at radius 1 is 1.25 bits per heavy atom. The lowest BCUT2D eigenvalue weighted by molar-refractivity contribution is -0.0778. The summed E-state index contributed by atoms with van der Waals surface area (Å²) in [6.07, 6.45) is -0.178. The molecule has 4 nitrogen and oxygen atoms in total. The Hall–Kier alpha value is -1.36. The Bertz CT molecular complexity index is 537. The molecule has 1 aliphatic rings. The molecule has 0 radical (unpaired) electrons. The van der Waals surface area contributed by atoms with Crippen molar-refractivity contribution in [3.63, 3.8) is 0 Å². The van der Waals surface area contributed by atoms with E-state index in [0.717, 1.165) is 24.1 Å². The first-order chi connectivity index (χ1) is 9.61. The maximum atomic E-state index is 10.4. The summed E-state index contributed by atoms with van der Waals surface area (Å²) in [7, 11) is 0. The molecule has 108 valence electrons. The largest absolute Gasteiger partial charge is 0.458 e. The molecule has 20 heavy (non-hydrogen) atoms. The van der Waals surface area contributed by atoms with Crippen LogP contribution >= 0.6 is 0 Å². The van der Waals surface area contributed by atoms with Gasteiger partial charge in [-0.2, -0.15) is 0 Å². The van der Waals surface area contributed by atoms with Gasteiger partial charge in [0, 0.05) is 25.0 Å². The Balaban J connectivity index is 1.70. The number of furan rings is 1. The van der Waals surface area contributed by atoms with Crippen LogP contribution in [0.4, 0.5) is 0 Å². The molecule has 3 rings (SSSR count). The molecule has 2 aromatic rings. The topological polar surface area (TPSA) is 45.8 Å². The van der Waals surface area contributed by atoms with Crippen molar-refractivity contribution in [1.82, 2.24) is 4.90 Å². The van der Waals surface area contributed by atoms with Crippen molar-refractivity contribution in [3.8, 4) is 0 Å². The highest BCUT2D eigenvalue weighted by Gasteiger charge is 2.25. The van der Waals surface area contributed by atoms with Gasteiger partial charge in [0.25, 0.3) is 0 Å². The zero-order valence-electron chi connectivity index (χ0n) is 12.0. The van der Waals surface area contributed by atoms with Crippen LogP contribution in [-0.4, -0.2) is 41.8 Å². The number of para-hydroxylation sites is 1. The van der Waals surface area contributed by atoms with Crippen LogP contribution in [0.3, 0.4) is 0 Å². The summed E-state index contributed by atoms with van der Waals surface area (Å²) in [6, 6.07) is 9.75. The molecular weight excluding hydrogens is 254 g/mol. The summed E-state index contributed by atoms with van der Waals surface area (Å²) in [5.41, 5.74) is 0.824. The van der Waals surface area contributed by atoms with Crippen molar-refractivity contribution in [3.05, 3.63) is 36.1 Å². The number of morpholine rings is 1. The number of rotatable bonds is 3. The molecule has 0 amide bonds. The third-order valence-corrected chi connectivity index (χ3v) is 3.70. The first-order valence-electron chi connectivity index (χ1n) is 7.16. The second-order valence-corrected chi connectivity index (χ2v) is 5.68. The van der Waals surface area contributed by atoms with Crippen LogP contribution in [0.15, 0.2) is 34.7 Å². The average molecular weight is 275 g/mol. The van der Waals surface area contributed by atoms with Crippen LogP contribution in [0.5, 0.6) is 0 Å². The van der Waals surface area contributed by atoms with Crippen LogP contribution in [0.2, 0.25) is 0 Å². The van der Waals surface area contributed by atoms with Gasteiger partial charge in [-0.25, -0.2) is 0 Å². The third kappa shape index (κ3) is 2.87. The van der Waals surface area contributed by atoms with Crippen LogP contribution in [-0.2, 0) is 4.74 Å². The summed E-state index contributed by atoms with van der Waals surface area (Å²) in [6.45, 7) is 6.41. The first kappa shape index (κ1) is 13.6. The normalized spacial score (nSPS) is 25.9. The molecule has 0 bridgehead atoms. The van der Waals surface area contributed by atoms with Gasteiger partial charge >= 0.3 is 0 Å². The molecule has 1 aromatic carbocycles. The van der Waals surface area contributed by atoms with Crippen LogP contribution in [0.1, 0.15) is 25.7 Å². The highest BCUT2D eigenvalue weighted by molar-refractivity contribution is 5.77. The van der Waals surface area contributed by atoms with E-state index in [4.69, 9.17) is 9.15 Å². The SMILES string of the molecule is CC1CN(CC(O)c2cc3ccccc3o2)CC(C)O1. The number of hydrogen-bond donors (Lipinski definition) is 1. The number of aliphatic hydroxyl groups is 1. The summed E-state index contributed by atoms with van der Waals surface area (Å²) < 4.78 is 11.4. The molecule has 3 atom stereocenters. The molecule has 1 aliphatic heterocycles. The van der Waals surface area contributed by atoms with Gasteiger partial charge < -0.3 is 14.3 Å². The van der Waals surface area contributed by atoms with Gasteiger partial charge in [-0.15, -0.1) is 0 Å². The zero-order valence-corrected chi connectivity index (χ0v) is 12.0. The molecular formula is C16H21NO3. The third-order valence-electron chi connectivity index (χ3n) is 3.70. The molecule has 0 saturated carbocycles. The number of benzene rings is 1. The second-order valence-electron chi connectivity index (χ2n) is 5.68. The van der Waals surface area contributed by atoms with Crippen LogP contribution in [0, 0.1) is 0 Å². The average Bonchev–Trinajstić information content (AvgIpc) is 2.81. The molecule has 1 saturated heterocycles. The standard InChI is InChI=1S/C16H21NO3/c1-11-8-17(9-12(2)19-11)10-14(18)16-7-13-5-3-4-6-15(13)20-16/h3-7,11-12,14,18H,8-10H2,1-2H3. The van der Waals surface area contributed by atoms with Gasteiger partial charge in [0.2, 0.25) is 0 Å². The van der Waals surface area contributed by atoms with E-state index in [9.17, 15) is 5.11 Å². The van der Waals surface area contributed by atoms with E-state index in [0.29, 0.717) is 12.3 Å². The Kier molecular flexibility index (Phi) is 3.78. The monoisotopic (exact) mass is 275 g/mol. The number of nitrogens with zero attached hydrogens (tertiary/aromatic N) is 1. The van der Waals surface area contributed by atoms with Crippen molar-refractivity contribution in [2.75, 3.05) is 19.6 Å². The van der Waals surface area contributed by atoms with E-state index in [1.54, 1.807) is 0 Å². The van der Waals surface area contributed by atoms with Crippen LogP contribution in [0.25, 0.3) is 11.0 Å². The van der Waals surface area contributed by atoms with Crippen molar-refractivity contribution in [2.45, 2.75) is 32.2 Å².